The number of para-hydroxylation sites is 1. The third-order valence-corrected chi connectivity index (χ3v) is 6.70. The summed E-state index contributed by atoms with van der Waals surface area (Å²) in [6, 6.07) is 7.51. The molecule has 30 heavy (non-hydrogen) atoms. The molecule has 1 aromatic rings. The number of amides is 3. The van der Waals surface area contributed by atoms with Crippen molar-refractivity contribution in [3.63, 3.8) is 0 Å². The molecule has 0 spiro atoms. The first-order valence-corrected chi connectivity index (χ1v) is 10.9. The first-order chi connectivity index (χ1) is 14.5. The average molecular weight is 413 g/mol. The van der Waals surface area contributed by atoms with Gasteiger partial charge >= 0.3 is 6.03 Å². The smallest absolute Gasteiger partial charge is 0.322 e. The number of ether oxygens (including phenoxy) is 1. The topological polar surface area (TPSA) is 65.1 Å². The van der Waals surface area contributed by atoms with E-state index in [1.165, 1.54) is 19.3 Å². The summed E-state index contributed by atoms with van der Waals surface area (Å²) in [5, 5.41) is 2.99. The highest BCUT2D eigenvalue weighted by molar-refractivity contribution is 6.01. The Bertz CT molecular complexity index is 853. The van der Waals surface area contributed by atoms with Gasteiger partial charge in [-0.25, -0.2) is 4.79 Å². The highest BCUT2D eigenvalue weighted by atomic mass is 16.5. The van der Waals surface area contributed by atoms with Crippen LogP contribution in [-0.2, 0) is 4.79 Å². The second kappa shape index (κ2) is 8.68. The number of nitrogens with one attached hydrogen (secondary N) is 1. The van der Waals surface area contributed by atoms with Crippen molar-refractivity contribution in [3.05, 3.63) is 41.1 Å². The number of methoxy groups -OCH3 is 1. The molecular weight excluding hydrogens is 380 g/mol. The lowest BCUT2D eigenvalue weighted by atomic mass is 9.95. The SMILES string of the molecule is COc1ccccc1C1NC(=O)N(C)C2=C1C(=O)N(CCCN1CCCCC1C)C2. The summed E-state index contributed by atoms with van der Waals surface area (Å²) in [6.45, 7) is 5.65. The number of piperidine rings is 1. The van der Waals surface area contributed by atoms with Crippen molar-refractivity contribution in [2.45, 2.75) is 44.7 Å². The molecule has 3 amide bonds. The number of likely N-dealkylation sites (N-methyl/N-ethyl adjacent to an activating group) is 1. The monoisotopic (exact) mass is 412 g/mol. The number of carbonyl (C=O) groups is 2. The molecule has 3 aliphatic heterocycles. The van der Waals surface area contributed by atoms with Crippen LogP contribution in [0.25, 0.3) is 0 Å². The summed E-state index contributed by atoms with van der Waals surface area (Å²) >= 11 is 0. The van der Waals surface area contributed by atoms with E-state index in [1.807, 2.05) is 29.2 Å². The van der Waals surface area contributed by atoms with Crippen LogP contribution in [0.4, 0.5) is 4.79 Å². The molecule has 7 heteroatoms. The van der Waals surface area contributed by atoms with Gasteiger partial charge in [0.25, 0.3) is 5.91 Å². The molecule has 0 bridgehead atoms. The third-order valence-electron chi connectivity index (χ3n) is 6.70. The van der Waals surface area contributed by atoms with Crippen LogP contribution in [-0.4, -0.2) is 73.0 Å². The van der Waals surface area contributed by atoms with Gasteiger partial charge in [-0.1, -0.05) is 24.6 Å². The van der Waals surface area contributed by atoms with Crippen molar-refractivity contribution in [1.29, 1.82) is 0 Å². The maximum absolute atomic E-state index is 13.4. The number of rotatable bonds is 6. The van der Waals surface area contributed by atoms with Crippen molar-refractivity contribution in [2.24, 2.45) is 0 Å². The van der Waals surface area contributed by atoms with Gasteiger partial charge in [0.05, 0.1) is 31.0 Å². The van der Waals surface area contributed by atoms with Crippen molar-refractivity contribution in [3.8, 4) is 5.75 Å². The van der Waals surface area contributed by atoms with E-state index in [9.17, 15) is 9.59 Å². The van der Waals surface area contributed by atoms with Crippen LogP contribution in [0.15, 0.2) is 35.5 Å². The Morgan fingerprint density at radius 1 is 1.17 bits per heavy atom. The van der Waals surface area contributed by atoms with Gasteiger partial charge in [-0.05, 0) is 38.8 Å². The number of urea groups is 1. The number of benzene rings is 1. The first kappa shape index (κ1) is 20.7. The Kier molecular flexibility index (Phi) is 5.99. The van der Waals surface area contributed by atoms with Gasteiger partial charge in [0, 0.05) is 31.7 Å². The molecule has 0 aliphatic carbocycles. The molecule has 2 unspecified atom stereocenters. The Hall–Kier alpha value is -2.54. The van der Waals surface area contributed by atoms with Crippen molar-refractivity contribution >= 4 is 11.9 Å². The number of nitrogens with zero attached hydrogens (tertiary/aromatic N) is 3. The van der Waals surface area contributed by atoms with Crippen molar-refractivity contribution < 1.29 is 14.3 Å². The van der Waals surface area contributed by atoms with E-state index in [2.05, 4.69) is 17.1 Å². The summed E-state index contributed by atoms with van der Waals surface area (Å²) in [7, 11) is 3.34. The second-order valence-corrected chi connectivity index (χ2v) is 8.50. The first-order valence-electron chi connectivity index (χ1n) is 10.9. The van der Waals surface area contributed by atoms with Crippen molar-refractivity contribution in [2.75, 3.05) is 40.3 Å². The minimum absolute atomic E-state index is 0.0134. The molecule has 1 saturated heterocycles. The van der Waals surface area contributed by atoms with Crippen LogP contribution in [0.5, 0.6) is 5.75 Å². The fourth-order valence-corrected chi connectivity index (χ4v) is 4.90. The molecule has 1 aromatic carbocycles. The molecule has 162 valence electrons. The Morgan fingerprint density at radius 3 is 2.73 bits per heavy atom. The lowest BCUT2D eigenvalue weighted by Gasteiger charge is -2.33. The minimum atomic E-state index is -0.487. The van der Waals surface area contributed by atoms with E-state index in [0.29, 0.717) is 30.5 Å². The molecule has 2 atom stereocenters. The summed E-state index contributed by atoms with van der Waals surface area (Å²) < 4.78 is 5.50. The molecule has 4 rings (SSSR count). The third kappa shape index (κ3) is 3.78. The Balaban J connectivity index is 1.50. The van der Waals surface area contributed by atoms with E-state index < -0.39 is 6.04 Å². The van der Waals surface area contributed by atoms with Gasteiger partial charge in [0.2, 0.25) is 0 Å². The molecule has 3 aliphatic rings. The number of likely N-dealkylation sites (tertiary alicyclic amines) is 1. The standard InChI is InChI=1S/C23H32N4O3/c1-16-9-6-7-12-26(16)13-8-14-27-15-18-20(22(27)28)21(24-23(29)25(18)2)17-10-4-5-11-19(17)30-3/h4-5,10-11,16,21H,6-9,12-15H2,1-3H3,(H,24,29). The zero-order valence-electron chi connectivity index (χ0n) is 18.2. The van der Waals surface area contributed by atoms with Gasteiger partial charge in [0.1, 0.15) is 5.75 Å². The van der Waals surface area contributed by atoms with Crippen LogP contribution in [0, 0.1) is 0 Å². The Labute approximate surface area is 178 Å². The fourth-order valence-electron chi connectivity index (χ4n) is 4.90. The number of carbonyl (C=O) groups excluding carboxylic acids is 2. The highest BCUT2D eigenvalue weighted by Crippen LogP contribution is 2.38. The molecule has 1 fully saturated rings. The normalized spacial score (nSPS) is 24.9. The minimum Gasteiger partial charge on any atom is -0.496 e. The molecule has 0 saturated carbocycles. The van der Waals surface area contributed by atoms with Crippen LogP contribution < -0.4 is 10.1 Å². The van der Waals surface area contributed by atoms with Crippen LogP contribution in [0.1, 0.15) is 44.2 Å². The van der Waals surface area contributed by atoms with Gasteiger partial charge in [-0.3, -0.25) is 9.69 Å². The molecule has 0 radical (unpaired) electrons. The largest absolute Gasteiger partial charge is 0.496 e. The summed E-state index contributed by atoms with van der Waals surface area (Å²) in [4.78, 5) is 31.9. The molecule has 1 N–H and O–H groups in total. The van der Waals surface area contributed by atoms with Crippen LogP contribution in [0.3, 0.4) is 0 Å². The average Bonchev–Trinajstić information content (AvgIpc) is 3.09. The van der Waals surface area contributed by atoms with E-state index in [-0.39, 0.29) is 11.9 Å². The van der Waals surface area contributed by atoms with E-state index >= 15 is 0 Å². The molecular formula is C23H32N4O3. The second-order valence-electron chi connectivity index (χ2n) is 8.50. The van der Waals surface area contributed by atoms with Gasteiger partial charge in [-0.2, -0.15) is 0 Å². The van der Waals surface area contributed by atoms with Gasteiger partial charge < -0.3 is 19.9 Å². The Morgan fingerprint density at radius 2 is 1.97 bits per heavy atom. The zero-order chi connectivity index (χ0) is 21.3. The van der Waals surface area contributed by atoms with Gasteiger partial charge in [-0.15, -0.1) is 0 Å². The molecule has 0 aromatic heterocycles. The summed E-state index contributed by atoms with van der Waals surface area (Å²) in [5.74, 6) is 0.684. The quantitative estimate of drug-likeness (QED) is 0.780. The molecule has 3 heterocycles. The van der Waals surface area contributed by atoms with E-state index in [1.54, 1.807) is 19.1 Å². The lowest BCUT2D eigenvalue weighted by Crippen LogP contribution is -2.45. The van der Waals surface area contributed by atoms with Crippen LogP contribution in [0.2, 0.25) is 0 Å². The zero-order valence-corrected chi connectivity index (χ0v) is 18.2. The molecule has 7 nitrogen and oxygen atoms in total. The lowest BCUT2D eigenvalue weighted by molar-refractivity contribution is -0.125. The maximum Gasteiger partial charge on any atom is 0.322 e. The summed E-state index contributed by atoms with van der Waals surface area (Å²) in [5.41, 5.74) is 2.27. The van der Waals surface area contributed by atoms with Gasteiger partial charge in [0.15, 0.2) is 0 Å². The number of hydrogen-bond acceptors (Lipinski definition) is 4. The fraction of sp³-hybridized carbons (Fsp3) is 0.565. The van der Waals surface area contributed by atoms with Crippen molar-refractivity contribution in [1.82, 2.24) is 20.0 Å². The van der Waals surface area contributed by atoms with Crippen LogP contribution >= 0.6 is 0 Å². The van der Waals surface area contributed by atoms with E-state index in [4.69, 9.17) is 4.74 Å². The predicted molar refractivity (Wildman–Crippen MR) is 115 cm³/mol. The highest BCUT2D eigenvalue weighted by Gasteiger charge is 2.43. The van der Waals surface area contributed by atoms with E-state index in [0.717, 1.165) is 30.8 Å². The number of hydrogen-bond donors (Lipinski definition) is 1. The predicted octanol–water partition coefficient (Wildman–Crippen LogP) is 2.75. The summed E-state index contributed by atoms with van der Waals surface area (Å²) in [6.07, 6.45) is 4.79. The maximum atomic E-state index is 13.4.